The third kappa shape index (κ3) is 3.51. The van der Waals surface area contributed by atoms with Crippen molar-refractivity contribution in [3.63, 3.8) is 0 Å². The maximum Gasteiger partial charge on any atom is 0.0122 e. The average molecular weight is 254 g/mol. The van der Waals surface area contributed by atoms with Crippen molar-refractivity contribution < 1.29 is 0 Å². The Bertz CT molecular complexity index is 444. The minimum Gasteiger partial charge on any atom is -0.158 e. The summed E-state index contributed by atoms with van der Waals surface area (Å²) in [5.74, 6) is 2.23. The summed E-state index contributed by atoms with van der Waals surface area (Å²) in [5, 5.41) is 0. The van der Waals surface area contributed by atoms with Gasteiger partial charge in [-0.25, -0.2) is 0 Å². The topological polar surface area (TPSA) is 0 Å². The molecule has 0 bridgehead atoms. The first kappa shape index (κ1) is 13.0. The van der Waals surface area contributed by atoms with Crippen molar-refractivity contribution in [3.8, 4) is 0 Å². The Morgan fingerprint density at radius 1 is 0.889 bits per heavy atom. The van der Waals surface area contributed by atoms with Gasteiger partial charge in [-0.05, 0) is 22.5 Å². The molecule has 0 atom stereocenters. The second-order valence-corrected chi connectivity index (χ2v) is 5.33. The first-order chi connectivity index (χ1) is 8.92. The lowest BCUT2D eigenvalue weighted by Gasteiger charge is -2.08. The molecule has 0 fully saturated rings. The highest BCUT2D eigenvalue weighted by molar-refractivity contribution is 7.99. The second-order valence-electron chi connectivity index (χ2n) is 4.01. The molecule has 0 nitrogen and oxygen atoms in total. The molecular weight excluding hydrogens is 236 g/mol. The molecule has 0 N–H and O–H groups in total. The van der Waals surface area contributed by atoms with Crippen LogP contribution >= 0.6 is 11.8 Å². The molecule has 0 unspecified atom stereocenters. The van der Waals surface area contributed by atoms with Gasteiger partial charge >= 0.3 is 0 Å². The zero-order chi connectivity index (χ0) is 12.6. The molecule has 0 saturated heterocycles. The minimum atomic E-state index is 1.07. The predicted octanol–water partition coefficient (Wildman–Crippen LogP) is 4.87. The van der Waals surface area contributed by atoms with E-state index in [4.69, 9.17) is 0 Å². The van der Waals surface area contributed by atoms with Crippen LogP contribution in [0.5, 0.6) is 0 Å². The normalized spacial score (nSPS) is 10.1. The fraction of sp³-hybridized carbons (Fsp3) is 0.176. The third-order valence-electron chi connectivity index (χ3n) is 2.78. The molecule has 18 heavy (non-hydrogen) atoms. The summed E-state index contributed by atoms with van der Waals surface area (Å²) < 4.78 is 0. The Morgan fingerprint density at radius 3 is 1.83 bits per heavy atom. The highest BCUT2D eigenvalue weighted by Gasteiger charge is 2.03. The average Bonchev–Trinajstić information content (AvgIpc) is 2.46. The first-order valence-corrected chi connectivity index (χ1v) is 7.46. The van der Waals surface area contributed by atoms with Crippen LogP contribution in [0.15, 0.2) is 66.7 Å². The van der Waals surface area contributed by atoms with Crippen molar-refractivity contribution in [1.29, 1.82) is 0 Å². The van der Waals surface area contributed by atoms with Gasteiger partial charge in [0, 0.05) is 5.75 Å². The van der Waals surface area contributed by atoms with Gasteiger partial charge in [0.05, 0.1) is 0 Å². The van der Waals surface area contributed by atoms with Crippen LogP contribution in [0, 0.1) is 0 Å². The zero-order valence-electron chi connectivity index (χ0n) is 10.7. The van der Waals surface area contributed by atoms with Crippen LogP contribution < -0.4 is 0 Å². The van der Waals surface area contributed by atoms with Crippen LogP contribution in [0.4, 0.5) is 0 Å². The Morgan fingerprint density at radius 2 is 1.39 bits per heavy atom. The monoisotopic (exact) mass is 254 g/mol. The molecule has 0 spiro atoms. The van der Waals surface area contributed by atoms with Crippen molar-refractivity contribution in [3.05, 3.63) is 77.9 Å². The van der Waals surface area contributed by atoms with Crippen LogP contribution in [0.2, 0.25) is 0 Å². The van der Waals surface area contributed by atoms with Gasteiger partial charge in [0.25, 0.3) is 0 Å². The molecule has 0 aliphatic rings. The molecule has 0 aliphatic heterocycles. The van der Waals surface area contributed by atoms with Crippen molar-refractivity contribution >= 4 is 17.3 Å². The Labute approximate surface area is 114 Å². The van der Waals surface area contributed by atoms with E-state index < -0.39 is 0 Å². The van der Waals surface area contributed by atoms with Crippen LogP contribution in [0.1, 0.15) is 18.1 Å². The highest BCUT2D eigenvalue weighted by Crippen LogP contribution is 2.23. The fourth-order valence-electron chi connectivity index (χ4n) is 1.90. The molecule has 0 saturated carbocycles. The van der Waals surface area contributed by atoms with E-state index in [9.17, 15) is 0 Å². The Balaban J connectivity index is 2.33. The van der Waals surface area contributed by atoms with Crippen LogP contribution in [0.25, 0.3) is 5.57 Å². The molecule has 2 aromatic rings. The van der Waals surface area contributed by atoms with E-state index in [1.807, 2.05) is 11.8 Å². The Kier molecular flexibility index (Phi) is 5.10. The zero-order valence-corrected chi connectivity index (χ0v) is 11.5. The van der Waals surface area contributed by atoms with E-state index in [1.165, 1.54) is 16.7 Å². The van der Waals surface area contributed by atoms with Crippen LogP contribution in [-0.4, -0.2) is 11.5 Å². The maximum atomic E-state index is 2.33. The molecular formula is C17H18S. The summed E-state index contributed by atoms with van der Waals surface area (Å²) in [4.78, 5) is 0. The summed E-state index contributed by atoms with van der Waals surface area (Å²) in [7, 11) is 0. The molecule has 0 radical (unpaired) electrons. The number of rotatable bonds is 5. The van der Waals surface area contributed by atoms with Gasteiger partial charge in [-0.2, -0.15) is 11.8 Å². The summed E-state index contributed by atoms with van der Waals surface area (Å²) >= 11 is 1.95. The van der Waals surface area contributed by atoms with Crippen molar-refractivity contribution in [2.45, 2.75) is 6.92 Å². The SMILES string of the molecule is CCSCC=C(c1ccccc1)c1ccccc1. The van der Waals surface area contributed by atoms with E-state index in [1.54, 1.807) is 0 Å². The minimum absolute atomic E-state index is 1.07. The third-order valence-corrected chi connectivity index (χ3v) is 3.59. The molecule has 0 amide bonds. The van der Waals surface area contributed by atoms with Gasteiger partial charge in [0.2, 0.25) is 0 Å². The lowest BCUT2D eigenvalue weighted by Crippen LogP contribution is -1.89. The summed E-state index contributed by atoms with van der Waals surface area (Å²) in [6.07, 6.45) is 2.33. The van der Waals surface area contributed by atoms with E-state index >= 15 is 0 Å². The van der Waals surface area contributed by atoms with Gasteiger partial charge in [0.1, 0.15) is 0 Å². The summed E-state index contributed by atoms with van der Waals surface area (Å²) in [6.45, 7) is 2.20. The summed E-state index contributed by atoms with van der Waals surface area (Å²) in [6, 6.07) is 21.2. The van der Waals surface area contributed by atoms with Crippen LogP contribution in [-0.2, 0) is 0 Å². The molecule has 2 aromatic carbocycles. The summed E-state index contributed by atoms with van der Waals surface area (Å²) in [5.41, 5.74) is 3.91. The van der Waals surface area contributed by atoms with Gasteiger partial charge in [-0.15, -0.1) is 0 Å². The molecule has 92 valence electrons. The molecule has 0 aliphatic carbocycles. The molecule has 2 rings (SSSR count). The number of hydrogen-bond acceptors (Lipinski definition) is 1. The first-order valence-electron chi connectivity index (χ1n) is 6.30. The quantitative estimate of drug-likeness (QED) is 0.686. The smallest absolute Gasteiger partial charge is 0.0122 e. The van der Waals surface area contributed by atoms with Gasteiger partial charge in [-0.3, -0.25) is 0 Å². The van der Waals surface area contributed by atoms with E-state index in [2.05, 4.69) is 73.7 Å². The Hall–Kier alpha value is -1.47. The largest absolute Gasteiger partial charge is 0.158 e. The lowest BCUT2D eigenvalue weighted by molar-refractivity contribution is 1.50. The molecule has 1 heteroatoms. The predicted molar refractivity (Wildman–Crippen MR) is 83.0 cm³/mol. The van der Waals surface area contributed by atoms with Gasteiger partial charge in [0.15, 0.2) is 0 Å². The molecule has 0 aromatic heterocycles. The maximum absolute atomic E-state index is 2.33. The lowest BCUT2D eigenvalue weighted by atomic mass is 9.98. The highest BCUT2D eigenvalue weighted by atomic mass is 32.2. The van der Waals surface area contributed by atoms with E-state index in [-0.39, 0.29) is 0 Å². The fourth-order valence-corrected chi connectivity index (χ4v) is 2.42. The number of benzene rings is 2. The van der Waals surface area contributed by atoms with Gasteiger partial charge < -0.3 is 0 Å². The van der Waals surface area contributed by atoms with Crippen molar-refractivity contribution in [1.82, 2.24) is 0 Å². The van der Waals surface area contributed by atoms with E-state index in [0.29, 0.717) is 0 Å². The molecule has 0 heterocycles. The van der Waals surface area contributed by atoms with Gasteiger partial charge in [-0.1, -0.05) is 73.7 Å². The van der Waals surface area contributed by atoms with Crippen molar-refractivity contribution in [2.75, 3.05) is 11.5 Å². The standard InChI is InChI=1S/C17H18S/c1-2-18-14-13-17(15-9-5-3-6-10-15)16-11-7-4-8-12-16/h3-13H,2,14H2,1H3. The van der Waals surface area contributed by atoms with Crippen LogP contribution in [0.3, 0.4) is 0 Å². The number of thioether (sulfide) groups is 1. The van der Waals surface area contributed by atoms with E-state index in [0.717, 1.165) is 11.5 Å². The number of hydrogen-bond donors (Lipinski definition) is 0. The second kappa shape index (κ2) is 7.07. The van der Waals surface area contributed by atoms with Crippen molar-refractivity contribution in [2.24, 2.45) is 0 Å².